The van der Waals surface area contributed by atoms with E-state index in [0.29, 0.717) is 18.1 Å². The molecule has 0 aliphatic heterocycles. The van der Waals surface area contributed by atoms with Crippen molar-refractivity contribution in [1.29, 1.82) is 0 Å². The number of nitrogens with zero attached hydrogens (tertiary/aromatic N) is 2. The number of carbonyl (C=O) groups is 1. The zero-order chi connectivity index (χ0) is 15.1. The first-order valence-electron chi connectivity index (χ1n) is 7.17. The van der Waals surface area contributed by atoms with Gasteiger partial charge in [-0.15, -0.1) is 10.2 Å². The first-order valence-corrected chi connectivity index (χ1v) is 7.17. The van der Waals surface area contributed by atoms with Gasteiger partial charge in [-0.1, -0.05) is 31.2 Å². The number of nitrogens with one attached hydrogen (secondary N) is 2. The third kappa shape index (κ3) is 4.02. The molecule has 0 aliphatic carbocycles. The van der Waals surface area contributed by atoms with Gasteiger partial charge in [0.1, 0.15) is 5.82 Å². The quantitative estimate of drug-likeness (QED) is 0.855. The molecule has 1 aromatic carbocycles. The van der Waals surface area contributed by atoms with Gasteiger partial charge in [0.2, 0.25) is 0 Å². The fourth-order valence-corrected chi connectivity index (χ4v) is 2.07. The SMILES string of the molecule is CCNc1ccc(C(=O)NCc2ccccc2CC)nn1. The number of aryl methyl sites for hydroxylation is 1. The summed E-state index contributed by atoms with van der Waals surface area (Å²) in [4.78, 5) is 12.1. The predicted octanol–water partition coefficient (Wildman–Crippen LogP) is 2.40. The maximum atomic E-state index is 12.1. The lowest BCUT2D eigenvalue weighted by Crippen LogP contribution is -2.24. The van der Waals surface area contributed by atoms with Crippen molar-refractivity contribution in [2.75, 3.05) is 11.9 Å². The van der Waals surface area contributed by atoms with E-state index < -0.39 is 0 Å². The molecule has 0 bridgehead atoms. The van der Waals surface area contributed by atoms with Crippen LogP contribution < -0.4 is 10.6 Å². The molecule has 2 aromatic rings. The van der Waals surface area contributed by atoms with Crippen LogP contribution >= 0.6 is 0 Å². The minimum absolute atomic E-state index is 0.212. The zero-order valence-corrected chi connectivity index (χ0v) is 12.4. The van der Waals surface area contributed by atoms with Gasteiger partial charge in [-0.25, -0.2) is 0 Å². The standard InChI is InChI=1S/C16H20N4O/c1-3-12-7-5-6-8-13(12)11-18-16(21)14-9-10-15(17-4-2)20-19-14/h5-10H,3-4,11H2,1-2H3,(H,17,20)(H,18,21). The molecule has 0 spiro atoms. The molecule has 0 aliphatic rings. The van der Waals surface area contributed by atoms with Crippen LogP contribution in [0.4, 0.5) is 5.82 Å². The normalized spacial score (nSPS) is 10.2. The Kier molecular flexibility index (Phi) is 5.26. The fraction of sp³-hybridized carbons (Fsp3) is 0.312. The van der Waals surface area contributed by atoms with Gasteiger partial charge < -0.3 is 10.6 Å². The van der Waals surface area contributed by atoms with Crippen LogP contribution in [0.15, 0.2) is 36.4 Å². The number of rotatable bonds is 6. The number of aromatic nitrogens is 2. The molecule has 0 fully saturated rings. The summed E-state index contributed by atoms with van der Waals surface area (Å²) in [5.41, 5.74) is 2.70. The summed E-state index contributed by atoms with van der Waals surface area (Å²) in [6, 6.07) is 11.5. The Bertz CT molecular complexity index is 595. The highest BCUT2D eigenvalue weighted by molar-refractivity contribution is 5.92. The molecule has 0 unspecified atom stereocenters. The van der Waals surface area contributed by atoms with Gasteiger partial charge in [0.25, 0.3) is 5.91 Å². The second kappa shape index (κ2) is 7.38. The van der Waals surface area contributed by atoms with Gasteiger partial charge >= 0.3 is 0 Å². The summed E-state index contributed by atoms with van der Waals surface area (Å²) in [6.07, 6.45) is 0.948. The molecule has 2 N–H and O–H groups in total. The van der Waals surface area contributed by atoms with E-state index >= 15 is 0 Å². The summed E-state index contributed by atoms with van der Waals surface area (Å²) in [5, 5.41) is 13.8. The van der Waals surface area contributed by atoms with E-state index in [0.717, 1.165) is 18.5 Å². The third-order valence-electron chi connectivity index (χ3n) is 3.19. The van der Waals surface area contributed by atoms with E-state index in [1.807, 2.05) is 25.1 Å². The van der Waals surface area contributed by atoms with Crippen LogP contribution in [0.2, 0.25) is 0 Å². The monoisotopic (exact) mass is 284 g/mol. The molecule has 0 atom stereocenters. The van der Waals surface area contributed by atoms with Crippen LogP contribution in [0.5, 0.6) is 0 Å². The molecule has 0 radical (unpaired) electrons. The third-order valence-corrected chi connectivity index (χ3v) is 3.19. The molecule has 0 saturated heterocycles. The highest BCUT2D eigenvalue weighted by Gasteiger charge is 2.08. The molecular formula is C16H20N4O. The Morgan fingerprint density at radius 1 is 1.05 bits per heavy atom. The molecule has 110 valence electrons. The lowest BCUT2D eigenvalue weighted by atomic mass is 10.1. The van der Waals surface area contributed by atoms with Gasteiger partial charge in [0.05, 0.1) is 0 Å². The second-order valence-electron chi connectivity index (χ2n) is 4.64. The maximum absolute atomic E-state index is 12.1. The molecule has 2 rings (SSSR count). The Hall–Kier alpha value is -2.43. The van der Waals surface area contributed by atoms with Crippen LogP contribution in [-0.4, -0.2) is 22.6 Å². The molecule has 21 heavy (non-hydrogen) atoms. The maximum Gasteiger partial charge on any atom is 0.272 e. The molecule has 1 amide bonds. The van der Waals surface area contributed by atoms with Crippen molar-refractivity contribution in [2.45, 2.75) is 26.8 Å². The Morgan fingerprint density at radius 2 is 1.81 bits per heavy atom. The van der Waals surface area contributed by atoms with Crippen LogP contribution in [-0.2, 0) is 13.0 Å². The lowest BCUT2D eigenvalue weighted by molar-refractivity contribution is 0.0945. The average molecular weight is 284 g/mol. The van der Waals surface area contributed by atoms with Crippen LogP contribution in [0.1, 0.15) is 35.5 Å². The first kappa shape index (κ1) is 15.0. The number of hydrogen-bond donors (Lipinski definition) is 2. The zero-order valence-electron chi connectivity index (χ0n) is 12.4. The van der Waals surface area contributed by atoms with Crippen molar-refractivity contribution >= 4 is 11.7 Å². The van der Waals surface area contributed by atoms with E-state index in [1.54, 1.807) is 12.1 Å². The van der Waals surface area contributed by atoms with Crippen LogP contribution in [0, 0.1) is 0 Å². The van der Waals surface area contributed by atoms with Crippen molar-refractivity contribution < 1.29 is 4.79 Å². The van der Waals surface area contributed by atoms with Gasteiger partial charge in [0, 0.05) is 13.1 Å². The number of anilines is 1. The first-order chi connectivity index (χ1) is 10.2. The van der Waals surface area contributed by atoms with Gasteiger partial charge in [-0.05, 0) is 36.6 Å². The second-order valence-corrected chi connectivity index (χ2v) is 4.64. The molecule has 1 aromatic heterocycles. The van der Waals surface area contributed by atoms with E-state index in [1.165, 1.54) is 5.56 Å². The van der Waals surface area contributed by atoms with E-state index in [-0.39, 0.29) is 5.91 Å². The van der Waals surface area contributed by atoms with Gasteiger partial charge in [0.15, 0.2) is 5.69 Å². The molecule has 0 saturated carbocycles. The van der Waals surface area contributed by atoms with Crippen LogP contribution in [0.3, 0.4) is 0 Å². The van der Waals surface area contributed by atoms with Crippen molar-refractivity contribution in [1.82, 2.24) is 15.5 Å². The fourth-order valence-electron chi connectivity index (χ4n) is 2.07. The summed E-state index contributed by atoms with van der Waals surface area (Å²) in [6.45, 7) is 5.35. The van der Waals surface area contributed by atoms with Crippen molar-refractivity contribution in [3.8, 4) is 0 Å². The summed E-state index contributed by atoms with van der Waals surface area (Å²) in [7, 11) is 0. The highest BCUT2D eigenvalue weighted by atomic mass is 16.1. The Morgan fingerprint density at radius 3 is 2.43 bits per heavy atom. The average Bonchev–Trinajstić information content (AvgIpc) is 2.54. The van der Waals surface area contributed by atoms with E-state index in [2.05, 4.69) is 33.8 Å². The molecule has 1 heterocycles. The summed E-state index contributed by atoms with van der Waals surface area (Å²) in [5.74, 6) is 0.460. The highest BCUT2D eigenvalue weighted by Crippen LogP contribution is 2.09. The Balaban J connectivity index is 1.98. The Labute approximate surface area is 124 Å². The topological polar surface area (TPSA) is 66.9 Å². The minimum Gasteiger partial charge on any atom is -0.369 e. The predicted molar refractivity (Wildman–Crippen MR) is 83.2 cm³/mol. The van der Waals surface area contributed by atoms with Crippen molar-refractivity contribution in [3.63, 3.8) is 0 Å². The van der Waals surface area contributed by atoms with E-state index in [9.17, 15) is 4.79 Å². The summed E-state index contributed by atoms with van der Waals surface area (Å²) < 4.78 is 0. The van der Waals surface area contributed by atoms with Crippen LogP contribution in [0.25, 0.3) is 0 Å². The molecule has 5 nitrogen and oxygen atoms in total. The lowest BCUT2D eigenvalue weighted by Gasteiger charge is -2.09. The largest absolute Gasteiger partial charge is 0.369 e. The molecular weight excluding hydrogens is 264 g/mol. The number of hydrogen-bond acceptors (Lipinski definition) is 4. The smallest absolute Gasteiger partial charge is 0.272 e. The van der Waals surface area contributed by atoms with E-state index in [4.69, 9.17) is 0 Å². The minimum atomic E-state index is -0.212. The number of carbonyl (C=O) groups excluding carboxylic acids is 1. The van der Waals surface area contributed by atoms with Crippen molar-refractivity contribution in [2.24, 2.45) is 0 Å². The number of benzene rings is 1. The van der Waals surface area contributed by atoms with Crippen molar-refractivity contribution in [3.05, 3.63) is 53.2 Å². The molecule has 5 heteroatoms. The summed E-state index contributed by atoms with van der Waals surface area (Å²) >= 11 is 0. The van der Waals surface area contributed by atoms with Gasteiger partial charge in [-0.2, -0.15) is 0 Å². The van der Waals surface area contributed by atoms with Gasteiger partial charge in [-0.3, -0.25) is 4.79 Å². The number of amides is 1.